The summed E-state index contributed by atoms with van der Waals surface area (Å²) in [6.45, 7) is 4.10. The number of anilines is 1. The van der Waals surface area contributed by atoms with E-state index in [-0.39, 0.29) is 18.0 Å². The lowest BCUT2D eigenvalue weighted by Crippen LogP contribution is -2.33. The van der Waals surface area contributed by atoms with Gasteiger partial charge in [-0.2, -0.15) is 0 Å². The summed E-state index contributed by atoms with van der Waals surface area (Å²) in [6, 6.07) is 22.5. The maximum atomic E-state index is 13.5. The molecule has 1 aromatic heterocycles. The van der Waals surface area contributed by atoms with Gasteiger partial charge in [0.05, 0.1) is 13.7 Å². The van der Waals surface area contributed by atoms with Crippen LogP contribution in [0.1, 0.15) is 27.0 Å². The zero-order valence-corrected chi connectivity index (χ0v) is 17.8. The van der Waals surface area contributed by atoms with E-state index in [4.69, 9.17) is 4.74 Å². The van der Waals surface area contributed by atoms with E-state index in [1.807, 2.05) is 62.4 Å². The molecule has 0 saturated carbocycles. The summed E-state index contributed by atoms with van der Waals surface area (Å²) in [5.74, 6) is 0.501. The Kier molecular flexibility index (Phi) is 5.58. The van der Waals surface area contributed by atoms with Gasteiger partial charge in [0.2, 0.25) is 0 Å². The molecule has 3 aromatic carbocycles. The third-order valence-corrected chi connectivity index (χ3v) is 5.40. The van der Waals surface area contributed by atoms with Crippen LogP contribution in [-0.2, 0) is 6.54 Å². The number of fused-ring (bicyclic) bond motifs is 1. The number of ether oxygens (including phenoxy) is 1. The van der Waals surface area contributed by atoms with Gasteiger partial charge >= 0.3 is 0 Å². The average molecular weight is 412 g/mol. The van der Waals surface area contributed by atoms with Crippen LogP contribution in [0.15, 0.2) is 77.6 Å². The summed E-state index contributed by atoms with van der Waals surface area (Å²) in [5, 5.41) is 0.932. The number of aryl methyl sites for hydroxylation is 2. The first kappa shape index (κ1) is 20.4. The van der Waals surface area contributed by atoms with Crippen molar-refractivity contribution in [3.63, 3.8) is 0 Å². The summed E-state index contributed by atoms with van der Waals surface area (Å²) < 4.78 is 5.20. The lowest BCUT2D eigenvalue weighted by atomic mass is 10.1. The predicted molar refractivity (Wildman–Crippen MR) is 124 cm³/mol. The fourth-order valence-corrected chi connectivity index (χ4v) is 3.67. The molecule has 156 valence electrons. The largest absolute Gasteiger partial charge is 0.497 e. The van der Waals surface area contributed by atoms with E-state index in [9.17, 15) is 9.59 Å². The van der Waals surface area contributed by atoms with Crippen molar-refractivity contribution in [2.45, 2.75) is 20.4 Å². The third-order valence-electron chi connectivity index (χ3n) is 5.40. The summed E-state index contributed by atoms with van der Waals surface area (Å²) >= 11 is 0. The second-order valence-corrected chi connectivity index (χ2v) is 7.62. The topological polar surface area (TPSA) is 62.4 Å². The standard InChI is InChI=1S/C26H24N2O3/c1-17-8-9-20-15-21(25(29)27-23(20)14-17)16-28(24-7-5-4-6-18(24)2)26(30)19-10-12-22(31-3)13-11-19/h4-15H,16H2,1-3H3,(H,27,29). The molecule has 0 spiro atoms. The Morgan fingerprint density at radius 2 is 1.71 bits per heavy atom. The first-order valence-electron chi connectivity index (χ1n) is 10.1. The minimum absolute atomic E-state index is 0.162. The van der Waals surface area contributed by atoms with Crippen LogP contribution in [0.3, 0.4) is 0 Å². The summed E-state index contributed by atoms with van der Waals surface area (Å²) in [6.07, 6.45) is 0. The zero-order valence-electron chi connectivity index (χ0n) is 17.8. The monoisotopic (exact) mass is 412 g/mol. The molecule has 0 fully saturated rings. The van der Waals surface area contributed by atoms with Crippen molar-refractivity contribution in [2.24, 2.45) is 0 Å². The van der Waals surface area contributed by atoms with Gasteiger partial charge in [-0.1, -0.05) is 30.3 Å². The Labute approximate surface area is 180 Å². The Morgan fingerprint density at radius 1 is 0.968 bits per heavy atom. The number of nitrogens with one attached hydrogen (secondary N) is 1. The molecule has 1 N–H and O–H groups in total. The van der Waals surface area contributed by atoms with E-state index in [1.54, 1.807) is 36.3 Å². The maximum absolute atomic E-state index is 13.5. The third kappa shape index (κ3) is 4.21. The van der Waals surface area contributed by atoms with Crippen LogP contribution in [-0.4, -0.2) is 18.0 Å². The Balaban J connectivity index is 1.78. The van der Waals surface area contributed by atoms with Gasteiger partial charge < -0.3 is 14.6 Å². The molecule has 5 heteroatoms. The number of methoxy groups -OCH3 is 1. The number of pyridine rings is 1. The van der Waals surface area contributed by atoms with Crippen molar-refractivity contribution >= 4 is 22.5 Å². The minimum Gasteiger partial charge on any atom is -0.497 e. The number of aromatic nitrogens is 1. The second kappa shape index (κ2) is 8.48. The molecule has 0 saturated heterocycles. The minimum atomic E-state index is -0.195. The lowest BCUT2D eigenvalue weighted by molar-refractivity contribution is 0.0985. The average Bonchev–Trinajstić information content (AvgIpc) is 2.78. The molecular weight excluding hydrogens is 388 g/mol. The van der Waals surface area contributed by atoms with Crippen LogP contribution in [0.25, 0.3) is 10.9 Å². The molecule has 0 aliphatic carbocycles. The molecule has 0 aliphatic rings. The van der Waals surface area contributed by atoms with Crippen molar-refractivity contribution in [3.8, 4) is 5.75 Å². The van der Waals surface area contributed by atoms with Crippen LogP contribution in [0.2, 0.25) is 0 Å². The van der Waals surface area contributed by atoms with Crippen molar-refractivity contribution in [1.82, 2.24) is 4.98 Å². The van der Waals surface area contributed by atoms with Crippen LogP contribution in [0.4, 0.5) is 5.69 Å². The van der Waals surface area contributed by atoms with E-state index in [0.717, 1.165) is 27.7 Å². The molecule has 0 atom stereocenters. The van der Waals surface area contributed by atoms with Crippen molar-refractivity contribution in [3.05, 3.63) is 105 Å². The number of amides is 1. The lowest BCUT2D eigenvalue weighted by Gasteiger charge is -2.25. The smallest absolute Gasteiger partial charge is 0.258 e. The number of para-hydroxylation sites is 1. The van der Waals surface area contributed by atoms with Gasteiger partial charge in [-0.05, 0) is 72.8 Å². The van der Waals surface area contributed by atoms with Crippen LogP contribution < -0.4 is 15.2 Å². The molecule has 1 amide bonds. The van der Waals surface area contributed by atoms with Crippen molar-refractivity contribution in [1.29, 1.82) is 0 Å². The fraction of sp³-hybridized carbons (Fsp3) is 0.154. The zero-order chi connectivity index (χ0) is 22.0. The number of carbonyl (C=O) groups excluding carboxylic acids is 1. The van der Waals surface area contributed by atoms with Gasteiger partial charge in [-0.3, -0.25) is 9.59 Å². The van der Waals surface area contributed by atoms with Gasteiger partial charge in [-0.25, -0.2) is 0 Å². The quantitative estimate of drug-likeness (QED) is 0.502. The number of hydrogen-bond acceptors (Lipinski definition) is 3. The molecule has 4 aromatic rings. The Hall–Kier alpha value is -3.86. The molecule has 0 radical (unpaired) electrons. The van der Waals surface area contributed by atoms with Gasteiger partial charge in [0.25, 0.3) is 11.5 Å². The van der Waals surface area contributed by atoms with Crippen molar-refractivity contribution < 1.29 is 9.53 Å². The number of H-pyrrole nitrogens is 1. The number of hydrogen-bond donors (Lipinski definition) is 1. The van der Waals surface area contributed by atoms with E-state index in [0.29, 0.717) is 16.9 Å². The Bertz CT molecular complexity index is 1310. The molecule has 31 heavy (non-hydrogen) atoms. The number of aromatic amines is 1. The summed E-state index contributed by atoms with van der Waals surface area (Å²) in [7, 11) is 1.59. The first-order valence-corrected chi connectivity index (χ1v) is 10.1. The van der Waals surface area contributed by atoms with Crippen LogP contribution in [0.5, 0.6) is 5.75 Å². The number of nitrogens with zero attached hydrogens (tertiary/aromatic N) is 1. The van der Waals surface area contributed by atoms with E-state index in [2.05, 4.69) is 4.98 Å². The van der Waals surface area contributed by atoms with Gasteiger partial charge in [0, 0.05) is 22.3 Å². The number of carbonyl (C=O) groups is 1. The van der Waals surface area contributed by atoms with Gasteiger partial charge in [-0.15, -0.1) is 0 Å². The molecule has 4 rings (SSSR count). The fourth-order valence-electron chi connectivity index (χ4n) is 3.67. The van der Waals surface area contributed by atoms with Crippen molar-refractivity contribution in [2.75, 3.05) is 12.0 Å². The number of benzene rings is 3. The van der Waals surface area contributed by atoms with Gasteiger partial charge in [0.15, 0.2) is 0 Å². The SMILES string of the molecule is COc1ccc(C(=O)N(Cc2cc3ccc(C)cc3[nH]c2=O)c2ccccc2C)cc1. The second-order valence-electron chi connectivity index (χ2n) is 7.62. The molecule has 0 aliphatic heterocycles. The highest BCUT2D eigenvalue weighted by atomic mass is 16.5. The molecule has 0 unspecified atom stereocenters. The highest BCUT2D eigenvalue weighted by molar-refractivity contribution is 6.06. The van der Waals surface area contributed by atoms with Gasteiger partial charge in [0.1, 0.15) is 5.75 Å². The van der Waals surface area contributed by atoms with E-state index < -0.39 is 0 Å². The van der Waals surface area contributed by atoms with Crippen LogP contribution in [0, 0.1) is 13.8 Å². The summed E-state index contributed by atoms with van der Waals surface area (Å²) in [5.41, 5.74) is 4.45. The highest BCUT2D eigenvalue weighted by Gasteiger charge is 2.21. The summed E-state index contributed by atoms with van der Waals surface area (Å²) in [4.78, 5) is 30.9. The van der Waals surface area contributed by atoms with Crippen LogP contribution >= 0.6 is 0 Å². The first-order chi connectivity index (χ1) is 15.0. The Morgan fingerprint density at radius 3 is 2.42 bits per heavy atom. The normalized spacial score (nSPS) is 10.8. The van der Waals surface area contributed by atoms with E-state index >= 15 is 0 Å². The molecule has 5 nitrogen and oxygen atoms in total. The molecular formula is C26H24N2O3. The maximum Gasteiger partial charge on any atom is 0.258 e. The number of rotatable bonds is 5. The molecule has 0 bridgehead atoms. The predicted octanol–water partition coefficient (Wildman–Crippen LogP) is 5.00. The molecule has 1 heterocycles. The van der Waals surface area contributed by atoms with E-state index in [1.165, 1.54) is 0 Å². The highest BCUT2D eigenvalue weighted by Crippen LogP contribution is 2.25.